The summed E-state index contributed by atoms with van der Waals surface area (Å²) in [5.41, 5.74) is 0.921. The molecule has 0 aliphatic heterocycles. The highest BCUT2D eigenvalue weighted by atomic mass is 32.1. The first-order chi connectivity index (χ1) is 6.02. The van der Waals surface area contributed by atoms with E-state index in [2.05, 4.69) is 4.98 Å². The average molecular weight is 200 g/mol. The van der Waals surface area contributed by atoms with E-state index in [4.69, 9.17) is 5.11 Å². The standard InChI is InChI=1S/C8H12N2O2S/c1-5-4-13-8(9-5)10(3)6(2)7(11)12/h4,6H,1-3H3,(H,11,12). The minimum absolute atomic E-state index is 0.537. The molecule has 0 saturated carbocycles. The third kappa shape index (κ3) is 2.18. The van der Waals surface area contributed by atoms with E-state index < -0.39 is 12.0 Å². The lowest BCUT2D eigenvalue weighted by molar-refractivity contribution is -0.138. The van der Waals surface area contributed by atoms with Crippen molar-refractivity contribution in [3.05, 3.63) is 11.1 Å². The van der Waals surface area contributed by atoms with Gasteiger partial charge in [-0.1, -0.05) is 0 Å². The Hall–Kier alpha value is -1.10. The summed E-state index contributed by atoms with van der Waals surface area (Å²) in [6.07, 6.45) is 0. The number of rotatable bonds is 3. The van der Waals surface area contributed by atoms with Crippen molar-refractivity contribution in [2.75, 3.05) is 11.9 Å². The first-order valence-electron chi connectivity index (χ1n) is 3.90. The molecule has 1 unspecified atom stereocenters. The van der Waals surface area contributed by atoms with Gasteiger partial charge in [0.2, 0.25) is 0 Å². The van der Waals surface area contributed by atoms with Crippen molar-refractivity contribution in [2.45, 2.75) is 19.9 Å². The number of hydrogen-bond donors (Lipinski definition) is 1. The van der Waals surface area contributed by atoms with Gasteiger partial charge < -0.3 is 10.0 Å². The van der Waals surface area contributed by atoms with Crippen LogP contribution in [0.1, 0.15) is 12.6 Å². The van der Waals surface area contributed by atoms with E-state index >= 15 is 0 Å². The van der Waals surface area contributed by atoms with E-state index in [0.29, 0.717) is 0 Å². The van der Waals surface area contributed by atoms with Crippen molar-refractivity contribution in [2.24, 2.45) is 0 Å². The molecule has 1 heterocycles. The predicted octanol–water partition coefficient (Wildman–Crippen LogP) is 1.36. The first kappa shape index (κ1) is 9.98. The predicted molar refractivity (Wildman–Crippen MR) is 52.4 cm³/mol. The quantitative estimate of drug-likeness (QED) is 0.800. The molecular weight excluding hydrogens is 188 g/mol. The van der Waals surface area contributed by atoms with Gasteiger partial charge in [-0.2, -0.15) is 0 Å². The molecule has 0 saturated heterocycles. The lowest BCUT2D eigenvalue weighted by Gasteiger charge is -2.19. The number of aliphatic carboxylic acids is 1. The van der Waals surface area contributed by atoms with Gasteiger partial charge in [0, 0.05) is 12.4 Å². The van der Waals surface area contributed by atoms with Gasteiger partial charge in [-0.25, -0.2) is 9.78 Å². The molecule has 1 atom stereocenters. The molecule has 72 valence electrons. The summed E-state index contributed by atoms with van der Waals surface area (Å²) in [7, 11) is 1.73. The van der Waals surface area contributed by atoms with Gasteiger partial charge in [-0.05, 0) is 13.8 Å². The Morgan fingerprint density at radius 2 is 2.38 bits per heavy atom. The molecule has 1 N–H and O–H groups in total. The van der Waals surface area contributed by atoms with Crippen molar-refractivity contribution in [3.8, 4) is 0 Å². The van der Waals surface area contributed by atoms with Crippen LogP contribution in [0, 0.1) is 6.92 Å². The second-order valence-electron chi connectivity index (χ2n) is 2.90. The Labute approximate surface area is 80.8 Å². The number of hydrogen-bond acceptors (Lipinski definition) is 4. The van der Waals surface area contributed by atoms with Crippen LogP contribution in [0.2, 0.25) is 0 Å². The van der Waals surface area contributed by atoms with Gasteiger partial charge in [-0.15, -0.1) is 11.3 Å². The topological polar surface area (TPSA) is 53.4 Å². The highest BCUT2D eigenvalue weighted by molar-refractivity contribution is 7.13. The van der Waals surface area contributed by atoms with Crippen molar-refractivity contribution < 1.29 is 9.90 Å². The molecule has 0 amide bonds. The summed E-state index contributed by atoms with van der Waals surface area (Å²) in [6.45, 7) is 3.53. The molecular formula is C8H12N2O2S. The number of likely N-dealkylation sites (N-methyl/N-ethyl adjacent to an activating group) is 1. The molecule has 1 aromatic heterocycles. The van der Waals surface area contributed by atoms with Crippen LogP contribution in [0.25, 0.3) is 0 Å². The lowest BCUT2D eigenvalue weighted by atomic mass is 10.3. The number of anilines is 1. The fraction of sp³-hybridized carbons (Fsp3) is 0.500. The maximum atomic E-state index is 10.7. The monoisotopic (exact) mass is 200 g/mol. The second kappa shape index (κ2) is 3.74. The van der Waals surface area contributed by atoms with E-state index in [9.17, 15) is 4.79 Å². The molecule has 0 fully saturated rings. The zero-order valence-corrected chi connectivity index (χ0v) is 8.63. The SMILES string of the molecule is Cc1csc(N(C)C(C)C(=O)O)n1. The fourth-order valence-corrected chi connectivity index (χ4v) is 1.68. The largest absolute Gasteiger partial charge is 0.480 e. The van der Waals surface area contributed by atoms with Gasteiger partial charge in [0.25, 0.3) is 0 Å². The molecule has 0 spiro atoms. The van der Waals surface area contributed by atoms with Crippen molar-refractivity contribution in [1.29, 1.82) is 0 Å². The first-order valence-corrected chi connectivity index (χ1v) is 4.78. The van der Waals surface area contributed by atoms with Gasteiger partial charge in [0.15, 0.2) is 5.13 Å². The molecule has 1 rings (SSSR count). The van der Waals surface area contributed by atoms with Gasteiger partial charge >= 0.3 is 5.97 Å². The minimum atomic E-state index is -0.838. The summed E-state index contributed by atoms with van der Waals surface area (Å²) in [6, 6.07) is -0.537. The van der Waals surface area contributed by atoms with E-state index in [-0.39, 0.29) is 0 Å². The molecule has 0 aliphatic carbocycles. The Morgan fingerprint density at radius 3 is 2.77 bits per heavy atom. The lowest BCUT2D eigenvalue weighted by Crippen LogP contribution is -2.35. The zero-order chi connectivity index (χ0) is 10.0. The number of thiazole rings is 1. The number of carboxylic acids is 1. The normalized spacial score (nSPS) is 12.5. The summed E-state index contributed by atoms with van der Waals surface area (Å²) < 4.78 is 0. The zero-order valence-electron chi connectivity index (χ0n) is 7.81. The maximum absolute atomic E-state index is 10.7. The third-order valence-electron chi connectivity index (χ3n) is 1.85. The molecule has 13 heavy (non-hydrogen) atoms. The van der Waals surface area contributed by atoms with Crippen LogP contribution in [0.3, 0.4) is 0 Å². The number of nitrogens with zero attached hydrogens (tertiary/aromatic N) is 2. The molecule has 0 radical (unpaired) electrons. The second-order valence-corrected chi connectivity index (χ2v) is 3.73. The molecule has 0 bridgehead atoms. The van der Waals surface area contributed by atoms with Crippen LogP contribution in [-0.4, -0.2) is 29.1 Å². The molecule has 4 nitrogen and oxygen atoms in total. The Balaban J connectivity index is 2.78. The summed E-state index contributed by atoms with van der Waals surface area (Å²) in [5.74, 6) is -0.838. The van der Waals surface area contributed by atoms with Crippen molar-refractivity contribution in [1.82, 2.24) is 4.98 Å². The van der Waals surface area contributed by atoms with Gasteiger partial charge in [0.05, 0.1) is 5.69 Å². The van der Waals surface area contributed by atoms with E-state index in [1.165, 1.54) is 11.3 Å². The molecule has 5 heteroatoms. The van der Waals surface area contributed by atoms with Crippen LogP contribution in [0.4, 0.5) is 5.13 Å². The van der Waals surface area contributed by atoms with Gasteiger partial charge in [-0.3, -0.25) is 0 Å². The highest BCUT2D eigenvalue weighted by Crippen LogP contribution is 2.20. The summed E-state index contributed by atoms with van der Waals surface area (Å²) >= 11 is 1.45. The third-order valence-corrected chi connectivity index (χ3v) is 2.90. The Bertz CT molecular complexity index is 311. The fourth-order valence-electron chi connectivity index (χ4n) is 0.835. The number of aromatic nitrogens is 1. The summed E-state index contributed by atoms with van der Waals surface area (Å²) in [5, 5.41) is 11.4. The van der Waals surface area contributed by atoms with Crippen LogP contribution in [-0.2, 0) is 4.79 Å². The van der Waals surface area contributed by atoms with Crippen molar-refractivity contribution in [3.63, 3.8) is 0 Å². The molecule has 0 aliphatic rings. The van der Waals surface area contributed by atoms with Gasteiger partial charge in [0.1, 0.15) is 6.04 Å². The van der Waals surface area contributed by atoms with Crippen LogP contribution in [0.5, 0.6) is 0 Å². The Kier molecular flexibility index (Phi) is 2.87. The molecule has 1 aromatic rings. The smallest absolute Gasteiger partial charge is 0.326 e. The number of carbonyl (C=O) groups is 1. The van der Waals surface area contributed by atoms with Crippen molar-refractivity contribution >= 4 is 22.4 Å². The van der Waals surface area contributed by atoms with E-state index in [0.717, 1.165) is 10.8 Å². The minimum Gasteiger partial charge on any atom is -0.480 e. The number of aryl methyl sites for hydroxylation is 1. The highest BCUT2D eigenvalue weighted by Gasteiger charge is 2.18. The maximum Gasteiger partial charge on any atom is 0.326 e. The van der Waals surface area contributed by atoms with Crippen LogP contribution < -0.4 is 4.90 Å². The summed E-state index contributed by atoms with van der Waals surface area (Å²) in [4.78, 5) is 16.5. The van der Waals surface area contributed by atoms with E-state index in [1.807, 2.05) is 12.3 Å². The molecule has 0 aromatic carbocycles. The van der Waals surface area contributed by atoms with E-state index in [1.54, 1.807) is 18.9 Å². The Morgan fingerprint density at radius 1 is 1.77 bits per heavy atom. The van der Waals surface area contributed by atoms with Crippen LogP contribution in [0.15, 0.2) is 5.38 Å². The number of carboxylic acid groups (broad SMARTS) is 1. The average Bonchev–Trinajstić information content (AvgIpc) is 2.49. The van der Waals surface area contributed by atoms with Crippen LogP contribution >= 0.6 is 11.3 Å².